The summed E-state index contributed by atoms with van der Waals surface area (Å²) in [5.74, 6) is 0.186. The fourth-order valence-electron chi connectivity index (χ4n) is 1.35. The summed E-state index contributed by atoms with van der Waals surface area (Å²) in [5.41, 5.74) is 1.34. The molecule has 2 aromatic heterocycles. The number of aryl methyl sites for hydroxylation is 1. The average molecular weight is 251 g/mol. The van der Waals surface area contributed by atoms with Crippen LogP contribution >= 0.6 is 11.6 Å². The third-order valence-electron chi connectivity index (χ3n) is 2.27. The Morgan fingerprint density at radius 3 is 3.06 bits per heavy atom. The second-order valence-corrected chi connectivity index (χ2v) is 3.85. The smallest absolute Gasteiger partial charge is 0.258 e. The molecule has 5 nitrogen and oxygen atoms in total. The fraction of sp³-hybridized carbons (Fsp3) is 0.182. The van der Waals surface area contributed by atoms with Crippen LogP contribution in [0.25, 0.3) is 0 Å². The van der Waals surface area contributed by atoms with Gasteiger partial charge in [0.15, 0.2) is 5.82 Å². The molecule has 0 aliphatic rings. The van der Waals surface area contributed by atoms with E-state index in [4.69, 9.17) is 11.6 Å². The average Bonchev–Trinajstić information content (AvgIpc) is 2.77. The number of hydrogen-bond donors (Lipinski definition) is 2. The molecular formula is C11H11ClN4O. The summed E-state index contributed by atoms with van der Waals surface area (Å²) in [5, 5.41) is 9.76. The number of rotatable bonds is 3. The molecule has 1 amide bonds. The van der Waals surface area contributed by atoms with Gasteiger partial charge in [-0.1, -0.05) is 18.5 Å². The van der Waals surface area contributed by atoms with Crippen LogP contribution in [-0.2, 0) is 6.42 Å². The molecule has 0 aromatic carbocycles. The minimum absolute atomic E-state index is 0.299. The molecule has 88 valence electrons. The quantitative estimate of drug-likeness (QED) is 0.878. The highest BCUT2D eigenvalue weighted by Crippen LogP contribution is 2.15. The predicted molar refractivity (Wildman–Crippen MR) is 65.2 cm³/mol. The number of nitrogens with zero attached hydrogens (tertiary/aromatic N) is 2. The van der Waals surface area contributed by atoms with Crippen molar-refractivity contribution in [2.24, 2.45) is 0 Å². The number of anilines is 1. The van der Waals surface area contributed by atoms with Crippen LogP contribution in [0.3, 0.4) is 0 Å². The predicted octanol–water partition coefficient (Wildman–Crippen LogP) is 2.27. The lowest BCUT2D eigenvalue weighted by molar-refractivity contribution is 0.102. The van der Waals surface area contributed by atoms with E-state index in [2.05, 4.69) is 20.5 Å². The Labute approximate surface area is 103 Å². The molecule has 0 unspecified atom stereocenters. The standard InChI is InChI=1S/C11H11ClN4O/c1-2-7-5-10(16-15-7)14-11(17)8-3-4-13-6-9(8)12/h3-6H,2H2,1H3,(H2,14,15,16,17). The van der Waals surface area contributed by atoms with Gasteiger partial charge in [0.2, 0.25) is 0 Å². The van der Waals surface area contributed by atoms with Crippen molar-refractivity contribution in [3.05, 3.63) is 40.8 Å². The second-order valence-electron chi connectivity index (χ2n) is 3.44. The highest BCUT2D eigenvalue weighted by Gasteiger charge is 2.11. The van der Waals surface area contributed by atoms with Gasteiger partial charge in [-0.2, -0.15) is 5.10 Å². The van der Waals surface area contributed by atoms with E-state index in [-0.39, 0.29) is 5.91 Å². The third kappa shape index (κ3) is 2.62. The number of pyridine rings is 1. The minimum atomic E-state index is -0.299. The summed E-state index contributed by atoms with van der Waals surface area (Å²) >= 11 is 5.87. The van der Waals surface area contributed by atoms with E-state index >= 15 is 0 Å². The maximum atomic E-state index is 11.9. The van der Waals surface area contributed by atoms with E-state index in [0.717, 1.165) is 12.1 Å². The van der Waals surface area contributed by atoms with Gasteiger partial charge in [-0.05, 0) is 12.5 Å². The molecule has 0 saturated carbocycles. The number of amides is 1. The molecule has 2 heterocycles. The van der Waals surface area contributed by atoms with E-state index in [1.165, 1.54) is 12.4 Å². The monoisotopic (exact) mass is 250 g/mol. The van der Waals surface area contributed by atoms with Crippen molar-refractivity contribution in [3.63, 3.8) is 0 Å². The highest BCUT2D eigenvalue weighted by molar-refractivity contribution is 6.34. The zero-order valence-corrected chi connectivity index (χ0v) is 9.95. The van der Waals surface area contributed by atoms with Gasteiger partial charge < -0.3 is 5.32 Å². The molecule has 0 spiro atoms. The van der Waals surface area contributed by atoms with Gasteiger partial charge in [-0.15, -0.1) is 0 Å². The van der Waals surface area contributed by atoms with Crippen LogP contribution in [0.4, 0.5) is 5.82 Å². The Morgan fingerprint density at radius 2 is 2.41 bits per heavy atom. The zero-order chi connectivity index (χ0) is 12.3. The van der Waals surface area contributed by atoms with E-state index in [9.17, 15) is 4.79 Å². The lowest BCUT2D eigenvalue weighted by Gasteiger charge is -2.02. The molecule has 0 saturated heterocycles. The summed E-state index contributed by atoms with van der Waals surface area (Å²) in [7, 11) is 0. The Morgan fingerprint density at radius 1 is 1.59 bits per heavy atom. The highest BCUT2D eigenvalue weighted by atomic mass is 35.5. The van der Waals surface area contributed by atoms with E-state index in [1.54, 1.807) is 12.1 Å². The Balaban J connectivity index is 2.14. The lowest BCUT2D eigenvalue weighted by atomic mass is 10.2. The third-order valence-corrected chi connectivity index (χ3v) is 2.57. The van der Waals surface area contributed by atoms with Crippen molar-refractivity contribution >= 4 is 23.3 Å². The first-order valence-corrected chi connectivity index (χ1v) is 5.53. The van der Waals surface area contributed by atoms with Crippen LogP contribution in [0.1, 0.15) is 23.0 Å². The fourth-order valence-corrected chi connectivity index (χ4v) is 1.55. The Hall–Kier alpha value is -1.88. The molecule has 2 N–H and O–H groups in total. The number of carbonyl (C=O) groups is 1. The van der Waals surface area contributed by atoms with Crippen molar-refractivity contribution < 1.29 is 4.79 Å². The molecule has 0 aliphatic carbocycles. The van der Waals surface area contributed by atoms with Gasteiger partial charge >= 0.3 is 0 Å². The van der Waals surface area contributed by atoms with Crippen LogP contribution < -0.4 is 5.32 Å². The summed E-state index contributed by atoms with van der Waals surface area (Å²) < 4.78 is 0. The van der Waals surface area contributed by atoms with Crippen molar-refractivity contribution in [2.75, 3.05) is 5.32 Å². The largest absolute Gasteiger partial charge is 0.305 e. The van der Waals surface area contributed by atoms with Gasteiger partial charge in [-0.3, -0.25) is 14.9 Å². The van der Waals surface area contributed by atoms with Gasteiger partial charge in [0.25, 0.3) is 5.91 Å². The molecular weight excluding hydrogens is 240 g/mol. The lowest BCUT2D eigenvalue weighted by Crippen LogP contribution is -2.12. The first kappa shape index (κ1) is 11.6. The van der Waals surface area contributed by atoms with Gasteiger partial charge in [0, 0.05) is 24.2 Å². The van der Waals surface area contributed by atoms with Gasteiger partial charge in [-0.25, -0.2) is 0 Å². The number of carbonyl (C=O) groups excluding carboxylic acids is 1. The maximum absolute atomic E-state index is 11.9. The number of nitrogens with one attached hydrogen (secondary N) is 2. The Kier molecular flexibility index (Phi) is 3.39. The summed E-state index contributed by atoms with van der Waals surface area (Å²) in [6.07, 6.45) is 3.78. The molecule has 17 heavy (non-hydrogen) atoms. The number of aromatic nitrogens is 3. The van der Waals surface area contributed by atoms with Crippen LogP contribution in [0.15, 0.2) is 24.5 Å². The molecule has 2 aromatic rings. The Bertz CT molecular complexity index is 538. The van der Waals surface area contributed by atoms with Crippen LogP contribution in [-0.4, -0.2) is 21.1 Å². The summed E-state index contributed by atoms with van der Waals surface area (Å²) in [6.45, 7) is 2.00. The molecule has 0 bridgehead atoms. The molecule has 0 aliphatic heterocycles. The van der Waals surface area contributed by atoms with Crippen LogP contribution in [0.2, 0.25) is 5.02 Å². The number of hydrogen-bond acceptors (Lipinski definition) is 3. The molecule has 0 atom stereocenters. The number of aromatic amines is 1. The van der Waals surface area contributed by atoms with Crippen molar-refractivity contribution in [3.8, 4) is 0 Å². The molecule has 2 rings (SSSR count). The zero-order valence-electron chi connectivity index (χ0n) is 9.20. The van der Waals surface area contributed by atoms with Crippen LogP contribution in [0, 0.1) is 0 Å². The SMILES string of the molecule is CCc1cc(NC(=O)c2ccncc2Cl)n[nH]1. The van der Waals surface area contributed by atoms with Crippen molar-refractivity contribution in [1.82, 2.24) is 15.2 Å². The van der Waals surface area contributed by atoms with Gasteiger partial charge in [0.05, 0.1) is 10.6 Å². The first-order valence-electron chi connectivity index (χ1n) is 5.16. The van der Waals surface area contributed by atoms with Crippen molar-refractivity contribution in [2.45, 2.75) is 13.3 Å². The van der Waals surface area contributed by atoms with E-state index in [1.807, 2.05) is 6.92 Å². The minimum Gasteiger partial charge on any atom is -0.305 e. The molecule has 0 radical (unpaired) electrons. The molecule has 6 heteroatoms. The molecule has 0 fully saturated rings. The number of H-pyrrole nitrogens is 1. The first-order chi connectivity index (χ1) is 8.20. The maximum Gasteiger partial charge on any atom is 0.258 e. The normalized spacial score (nSPS) is 10.2. The summed E-state index contributed by atoms with van der Waals surface area (Å²) in [6, 6.07) is 3.35. The van der Waals surface area contributed by atoms with E-state index in [0.29, 0.717) is 16.4 Å². The second kappa shape index (κ2) is 4.97. The summed E-state index contributed by atoms with van der Waals surface area (Å²) in [4.78, 5) is 15.7. The van der Waals surface area contributed by atoms with Crippen molar-refractivity contribution in [1.29, 1.82) is 0 Å². The van der Waals surface area contributed by atoms with Gasteiger partial charge in [0.1, 0.15) is 0 Å². The number of halogens is 1. The van der Waals surface area contributed by atoms with E-state index < -0.39 is 0 Å². The topological polar surface area (TPSA) is 70.7 Å². The van der Waals surface area contributed by atoms with Crippen LogP contribution in [0.5, 0.6) is 0 Å².